The predicted octanol–water partition coefficient (Wildman–Crippen LogP) is 6.21. The lowest BCUT2D eigenvalue weighted by Crippen LogP contribution is -2.33. The van der Waals surface area contributed by atoms with Crippen molar-refractivity contribution < 1.29 is 4.74 Å². The Balaban J connectivity index is 2.06. The minimum Gasteiger partial charge on any atom is -0.360 e. The fourth-order valence-corrected chi connectivity index (χ4v) is 4.41. The van der Waals surface area contributed by atoms with E-state index in [-0.39, 0.29) is 0 Å². The topological polar surface area (TPSA) is 9.23 Å². The molecule has 3 aromatic rings. The van der Waals surface area contributed by atoms with E-state index >= 15 is 0 Å². The fraction of sp³-hybridized carbons (Fsp3) is 0.174. The molecule has 0 fully saturated rings. The van der Waals surface area contributed by atoms with Crippen LogP contribution in [0, 0.1) is 6.92 Å². The normalized spacial score (nSPS) is 11.4. The molecular formula is C23H23OS2. The van der Waals surface area contributed by atoms with E-state index in [0.717, 1.165) is 28.2 Å². The van der Waals surface area contributed by atoms with Crippen molar-refractivity contribution in [3.63, 3.8) is 0 Å². The first-order valence-corrected chi connectivity index (χ1v) is 11.2. The van der Waals surface area contributed by atoms with Gasteiger partial charge in [-0.25, -0.2) is 0 Å². The zero-order valence-corrected chi connectivity index (χ0v) is 16.3. The van der Waals surface area contributed by atoms with Crippen molar-refractivity contribution in [3.05, 3.63) is 115 Å². The van der Waals surface area contributed by atoms with Crippen LogP contribution in [0.25, 0.3) is 0 Å². The first-order chi connectivity index (χ1) is 12.9. The maximum Gasteiger partial charge on any atom is 0.143 e. The number of hydrogen-bond acceptors (Lipinski definition) is 3. The molecule has 1 nitrogen and oxygen atoms in total. The SMILES string of the molecule is [CH2]CSSCCOC(c1ccccc1)(c1ccccc1)c1ccccc1. The lowest BCUT2D eigenvalue weighted by atomic mass is 9.80. The van der Waals surface area contributed by atoms with Crippen LogP contribution in [0.2, 0.25) is 0 Å². The molecule has 0 aromatic heterocycles. The van der Waals surface area contributed by atoms with Gasteiger partial charge in [0.05, 0.1) is 6.61 Å². The summed E-state index contributed by atoms with van der Waals surface area (Å²) < 4.78 is 6.68. The second-order valence-electron chi connectivity index (χ2n) is 5.77. The van der Waals surface area contributed by atoms with Crippen LogP contribution in [0.5, 0.6) is 0 Å². The molecule has 3 aromatic carbocycles. The highest BCUT2D eigenvalue weighted by Crippen LogP contribution is 2.40. The molecule has 0 aliphatic carbocycles. The van der Waals surface area contributed by atoms with Crippen molar-refractivity contribution in [2.45, 2.75) is 5.60 Å². The highest BCUT2D eigenvalue weighted by molar-refractivity contribution is 8.76. The summed E-state index contributed by atoms with van der Waals surface area (Å²) in [6.45, 7) is 4.54. The molecule has 0 atom stereocenters. The Kier molecular flexibility index (Phi) is 7.24. The summed E-state index contributed by atoms with van der Waals surface area (Å²) >= 11 is 0. The van der Waals surface area contributed by atoms with Crippen molar-refractivity contribution in [1.29, 1.82) is 0 Å². The molecule has 133 valence electrons. The summed E-state index contributed by atoms with van der Waals surface area (Å²) in [5, 5.41) is 0. The van der Waals surface area contributed by atoms with Crippen molar-refractivity contribution in [1.82, 2.24) is 0 Å². The highest BCUT2D eigenvalue weighted by atomic mass is 33.1. The first-order valence-electron chi connectivity index (χ1n) is 8.72. The van der Waals surface area contributed by atoms with Crippen molar-refractivity contribution in [2.75, 3.05) is 18.1 Å². The fourth-order valence-electron chi connectivity index (χ4n) is 3.12. The van der Waals surface area contributed by atoms with Gasteiger partial charge in [0, 0.05) is 11.5 Å². The van der Waals surface area contributed by atoms with Gasteiger partial charge >= 0.3 is 0 Å². The van der Waals surface area contributed by atoms with Gasteiger partial charge in [-0.15, -0.1) is 0 Å². The zero-order chi connectivity index (χ0) is 18.1. The lowest BCUT2D eigenvalue weighted by molar-refractivity contribution is 0.0234. The van der Waals surface area contributed by atoms with Crippen LogP contribution < -0.4 is 0 Å². The minimum atomic E-state index is -0.612. The van der Waals surface area contributed by atoms with Gasteiger partial charge in [0.1, 0.15) is 5.60 Å². The molecule has 0 heterocycles. The van der Waals surface area contributed by atoms with Crippen LogP contribution in [0.4, 0.5) is 0 Å². The average Bonchev–Trinajstić information content (AvgIpc) is 2.73. The van der Waals surface area contributed by atoms with E-state index in [1.54, 1.807) is 10.8 Å². The van der Waals surface area contributed by atoms with Crippen LogP contribution in [-0.4, -0.2) is 18.1 Å². The minimum absolute atomic E-state index is 0.612. The summed E-state index contributed by atoms with van der Waals surface area (Å²) in [6, 6.07) is 31.5. The summed E-state index contributed by atoms with van der Waals surface area (Å²) in [5.41, 5.74) is 2.83. The summed E-state index contributed by atoms with van der Waals surface area (Å²) in [5.74, 6) is 1.79. The Bertz CT molecular complexity index is 663. The number of hydrogen-bond donors (Lipinski definition) is 0. The average molecular weight is 380 g/mol. The van der Waals surface area contributed by atoms with Gasteiger partial charge in [-0.2, -0.15) is 0 Å². The number of benzene rings is 3. The smallest absolute Gasteiger partial charge is 0.143 e. The largest absolute Gasteiger partial charge is 0.360 e. The highest BCUT2D eigenvalue weighted by Gasteiger charge is 2.37. The molecule has 0 aliphatic rings. The molecule has 0 amide bonds. The molecule has 0 spiro atoms. The molecule has 0 saturated heterocycles. The van der Waals surface area contributed by atoms with Gasteiger partial charge < -0.3 is 4.74 Å². The van der Waals surface area contributed by atoms with E-state index in [2.05, 4.69) is 79.7 Å². The Morgan fingerprint density at radius 3 is 1.46 bits per heavy atom. The molecule has 0 unspecified atom stereocenters. The molecule has 26 heavy (non-hydrogen) atoms. The Morgan fingerprint density at radius 1 is 0.654 bits per heavy atom. The molecule has 0 saturated carbocycles. The summed E-state index contributed by atoms with van der Waals surface area (Å²) in [4.78, 5) is 0. The molecule has 0 aliphatic heterocycles. The maximum atomic E-state index is 6.68. The maximum absolute atomic E-state index is 6.68. The zero-order valence-electron chi connectivity index (χ0n) is 14.7. The predicted molar refractivity (Wildman–Crippen MR) is 115 cm³/mol. The van der Waals surface area contributed by atoms with Crippen LogP contribution in [0.3, 0.4) is 0 Å². The van der Waals surface area contributed by atoms with E-state index in [4.69, 9.17) is 4.74 Å². The lowest BCUT2D eigenvalue weighted by Gasteiger charge is -2.36. The Labute approximate surface area is 164 Å². The molecular weight excluding hydrogens is 356 g/mol. The van der Waals surface area contributed by atoms with E-state index < -0.39 is 5.60 Å². The standard InChI is InChI=1S/C23H23OS2/c1-2-25-26-19-18-24-23(20-12-6-3-7-13-20,21-14-8-4-9-15-21)22-16-10-5-11-17-22/h3-17H,1-2,18-19H2. The first kappa shape index (κ1) is 19.1. The molecule has 0 N–H and O–H groups in total. The Hall–Kier alpha value is -1.68. The van der Waals surface area contributed by atoms with Crippen LogP contribution >= 0.6 is 21.6 Å². The molecule has 3 rings (SSSR count). The van der Waals surface area contributed by atoms with E-state index in [1.807, 2.05) is 29.0 Å². The van der Waals surface area contributed by atoms with E-state index in [9.17, 15) is 0 Å². The van der Waals surface area contributed by atoms with E-state index in [1.165, 1.54) is 0 Å². The second-order valence-corrected chi connectivity index (χ2v) is 8.47. The second kappa shape index (κ2) is 9.86. The summed E-state index contributed by atoms with van der Waals surface area (Å²) in [7, 11) is 3.58. The summed E-state index contributed by atoms with van der Waals surface area (Å²) in [6.07, 6.45) is 0. The van der Waals surface area contributed by atoms with Crippen molar-refractivity contribution in [2.24, 2.45) is 0 Å². The molecule has 3 heteroatoms. The third-order valence-electron chi connectivity index (χ3n) is 4.19. The van der Waals surface area contributed by atoms with Gasteiger partial charge in [-0.05, 0) is 23.6 Å². The Morgan fingerprint density at radius 2 is 1.08 bits per heavy atom. The van der Waals surface area contributed by atoms with Gasteiger partial charge in [0.15, 0.2) is 0 Å². The number of ether oxygens (including phenoxy) is 1. The van der Waals surface area contributed by atoms with Gasteiger partial charge in [-0.1, -0.05) is 113 Å². The monoisotopic (exact) mass is 379 g/mol. The molecule has 0 bridgehead atoms. The van der Waals surface area contributed by atoms with Crippen LogP contribution in [0.15, 0.2) is 91.0 Å². The van der Waals surface area contributed by atoms with Gasteiger partial charge in [0.2, 0.25) is 0 Å². The quantitative estimate of drug-likeness (QED) is 0.248. The van der Waals surface area contributed by atoms with E-state index in [0.29, 0.717) is 6.61 Å². The third kappa shape index (κ3) is 4.35. The molecule has 1 radical (unpaired) electrons. The van der Waals surface area contributed by atoms with Gasteiger partial charge in [-0.3, -0.25) is 0 Å². The van der Waals surface area contributed by atoms with Crippen LogP contribution in [0.1, 0.15) is 16.7 Å². The van der Waals surface area contributed by atoms with Gasteiger partial charge in [0.25, 0.3) is 0 Å². The third-order valence-corrected chi connectivity index (χ3v) is 6.36. The van der Waals surface area contributed by atoms with Crippen molar-refractivity contribution >= 4 is 21.6 Å². The number of rotatable bonds is 9. The van der Waals surface area contributed by atoms with Crippen LogP contribution in [-0.2, 0) is 10.3 Å². The van der Waals surface area contributed by atoms with Crippen molar-refractivity contribution in [3.8, 4) is 0 Å².